The molecule has 9 heteroatoms. The topological polar surface area (TPSA) is 151 Å². The molecule has 266 valence electrons. The minimum Gasteiger partial charge on any atom is -0.480 e. The number of nitrogens with one attached hydrogen (secondary N) is 2. The molecular weight excluding hydrogens is 596 g/mol. The molecule has 46 heavy (non-hydrogen) atoms. The molecule has 4 fully saturated rings. The normalized spacial score (nSPS) is 37.5. The minimum atomic E-state index is -0.989. The number of hydrogen-bond acceptors (Lipinski definition) is 8. The average Bonchev–Trinajstić information content (AvgIpc) is 3.38. The highest BCUT2D eigenvalue weighted by Crippen LogP contribution is 2.68. The van der Waals surface area contributed by atoms with Crippen molar-refractivity contribution in [2.24, 2.45) is 63.7 Å². The molecule has 4 rings (SSSR count). The van der Waals surface area contributed by atoms with Gasteiger partial charge in [-0.2, -0.15) is 11.8 Å². The van der Waals surface area contributed by atoms with Gasteiger partial charge < -0.3 is 32.3 Å². The van der Waals surface area contributed by atoms with Crippen LogP contribution >= 0.6 is 11.8 Å². The Balaban J connectivity index is 1.25. The molecule has 0 saturated heterocycles. The number of aliphatic hydroxyl groups excluding tert-OH is 1. The van der Waals surface area contributed by atoms with Crippen LogP contribution in [0.2, 0.25) is 0 Å². The highest BCUT2D eigenvalue weighted by molar-refractivity contribution is 7.99. The number of aliphatic hydroxyl groups is 1. The summed E-state index contributed by atoms with van der Waals surface area (Å²) in [5, 5.41) is 28.2. The summed E-state index contributed by atoms with van der Waals surface area (Å²) in [6.45, 7) is 13.4. The molecular formula is C37H68N4O4S. The molecule has 0 amide bonds. The number of hydrogen-bond donors (Lipinski definition) is 6. The summed E-state index contributed by atoms with van der Waals surface area (Å²) in [7, 11) is 0. The largest absolute Gasteiger partial charge is 0.480 e. The number of fused-ring (bicyclic) bond motifs is 5. The molecule has 4 aliphatic rings. The highest BCUT2D eigenvalue weighted by atomic mass is 32.2. The number of unbranched alkanes of at least 4 members (excludes halogenated alkanes) is 1. The predicted molar refractivity (Wildman–Crippen MR) is 190 cm³/mol. The molecule has 0 aromatic carbocycles. The number of ketones is 1. The first-order valence-corrected chi connectivity index (χ1v) is 20.0. The van der Waals surface area contributed by atoms with E-state index in [0.29, 0.717) is 64.9 Å². The van der Waals surface area contributed by atoms with Crippen molar-refractivity contribution in [2.45, 2.75) is 129 Å². The van der Waals surface area contributed by atoms with Crippen LogP contribution in [0.5, 0.6) is 0 Å². The van der Waals surface area contributed by atoms with Crippen LogP contribution in [0.4, 0.5) is 0 Å². The van der Waals surface area contributed by atoms with Crippen LogP contribution < -0.4 is 22.1 Å². The first-order valence-electron chi connectivity index (χ1n) is 18.8. The van der Waals surface area contributed by atoms with Crippen LogP contribution in [0.3, 0.4) is 0 Å². The third-order valence-electron chi connectivity index (χ3n) is 13.6. The second-order valence-corrected chi connectivity index (χ2v) is 17.5. The number of Topliss-reactive ketones (excluding diaryl/α,β-unsaturated/α-hetero) is 1. The van der Waals surface area contributed by atoms with E-state index in [0.717, 1.165) is 58.3 Å². The zero-order valence-corrected chi connectivity index (χ0v) is 30.3. The molecule has 8 nitrogen and oxygen atoms in total. The number of rotatable bonds is 19. The van der Waals surface area contributed by atoms with Crippen molar-refractivity contribution in [3.05, 3.63) is 0 Å². The number of thioether (sulfide) groups is 1. The number of nitrogens with two attached hydrogens (primary N) is 2. The van der Waals surface area contributed by atoms with Gasteiger partial charge in [-0.1, -0.05) is 27.7 Å². The lowest BCUT2D eigenvalue weighted by molar-refractivity contribution is -0.167. The molecule has 12 atom stereocenters. The van der Waals surface area contributed by atoms with Gasteiger partial charge in [0.05, 0.1) is 6.10 Å². The third-order valence-corrected chi connectivity index (χ3v) is 14.9. The Morgan fingerprint density at radius 3 is 2.39 bits per heavy atom. The van der Waals surface area contributed by atoms with E-state index < -0.39 is 12.0 Å². The first-order chi connectivity index (χ1) is 21.9. The SMILES string of the molecule is CC(CSCC(N)C(=O)O)C(=O)CCC(C)[C@H]1CCC2C3C(CC[C@@]21C)[C@@]1(C)CC[C@H](NCCCNCCCCN)C[C@@H]1C[C@H]3O. The molecule has 0 spiro atoms. The molecule has 0 radical (unpaired) electrons. The number of carboxylic acids is 1. The van der Waals surface area contributed by atoms with E-state index in [9.17, 15) is 14.7 Å². The van der Waals surface area contributed by atoms with E-state index in [1.54, 1.807) is 0 Å². The Bertz CT molecular complexity index is 987. The van der Waals surface area contributed by atoms with E-state index >= 15 is 0 Å². The van der Waals surface area contributed by atoms with Crippen molar-refractivity contribution in [2.75, 3.05) is 37.7 Å². The predicted octanol–water partition coefficient (Wildman–Crippen LogP) is 5.06. The quantitative estimate of drug-likeness (QED) is 0.104. The van der Waals surface area contributed by atoms with Gasteiger partial charge in [0.1, 0.15) is 11.8 Å². The maximum absolute atomic E-state index is 13.0. The molecule has 0 aliphatic heterocycles. The fourth-order valence-corrected chi connectivity index (χ4v) is 11.8. The number of carbonyl (C=O) groups excluding carboxylic acids is 1. The van der Waals surface area contributed by atoms with Gasteiger partial charge in [0.15, 0.2) is 0 Å². The molecule has 0 bridgehead atoms. The summed E-state index contributed by atoms with van der Waals surface area (Å²) in [5.41, 5.74) is 11.8. The number of aliphatic carboxylic acids is 1. The van der Waals surface area contributed by atoms with Crippen LogP contribution in [0.25, 0.3) is 0 Å². The van der Waals surface area contributed by atoms with Crippen LogP contribution in [-0.2, 0) is 9.59 Å². The monoisotopic (exact) mass is 664 g/mol. The lowest BCUT2D eigenvalue weighted by Crippen LogP contribution is -2.59. The van der Waals surface area contributed by atoms with Gasteiger partial charge in [-0.05, 0) is 150 Å². The molecule has 4 aliphatic carbocycles. The van der Waals surface area contributed by atoms with Crippen molar-refractivity contribution in [1.82, 2.24) is 10.6 Å². The van der Waals surface area contributed by atoms with Crippen molar-refractivity contribution in [3.63, 3.8) is 0 Å². The molecule has 0 aromatic heterocycles. The highest BCUT2D eigenvalue weighted by Gasteiger charge is 2.62. The summed E-state index contributed by atoms with van der Waals surface area (Å²) < 4.78 is 0. The minimum absolute atomic E-state index is 0.0782. The Hall–Kier alpha value is -0.710. The van der Waals surface area contributed by atoms with Gasteiger partial charge in [0, 0.05) is 29.9 Å². The summed E-state index contributed by atoms with van der Waals surface area (Å²) >= 11 is 1.47. The van der Waals surface area contributed by atoms with Crippen molar-refractivity contribution in [1.29, 1.82) is 0 Å². The molecule has 0 aromatic rings. The zero-order chi connectivity index (χ0) is 33.5. The van der Waals surface area contributed by atoms with E-state index in [-0.39, 0.29) is 23.2 Å². The van der Waals surface area contributed by atoms with Crippen LogP contribution in [0.15, 0.2) is 0 Å². The molecule has 0 heterocycles. The second-order valence-electron chi connectivity index (χ2n) is 16.4. The van der Waals surface area contributed by atoms with E-state index in [1.165, 1.54) is 56.7 Å². The number of carboxylic acid groups (broad SMARTS) is 1. The van der Waals surface area contributed by atoms with Gasteiger partial charge in [-0.25, -0.2) is 0 Å². The van der Waals surface area contributed by atoms with Crippen LogP contribution in [-0.4, -0.2) is 77.8 Å². The average molecular weight is 665 g/mol. The Morgan fingerprint density at radius 2 is 1.65 bits per heavy atom. The van der Waals surface area contributed by atoms with Gasteiger partial charge in [-0.15, -0.1) is 0 Å². The maximum Gasteiger partial charge on any atom is 0.321 e. The Kier molecular flexibility index (Phi) is 14.3. The Morgan fingerprint density at radius 1 is 0.935 bits per heavy atom. The summed E-state index contributed by atoms with van der Waals surface area (Å²) in [5.74, 6) is 3.52. The van der Waals surface area contributed by atoms with Gasteiger partial charge in [0.25, 0.3) is 0 Å². The van der Waals surface area contributed by atoms with E-state index in [4.69, 9.17) is 16.6 Å². The fraction of sp³-hybridized carbons (Fsp3) is 0.946. The fourth-order valence-electron chi connectivity index (χ4n) is 10.8. The second kappa shape index (κ2) is 17.3. The van der Waals surface area contributed by atoms with Crippen LogP contribution in [0, 0.1) is 52.3 Å². The van der Waals surface area contributed by atoms with Crippen molar-refractivity contribution >= 4 is 23.5 Å². The summed E-state index contributed by atoms with van der Waals surface area (Å²) in [4.78, 5) is 24.0. The number of carbonyl (C=O) groups is 2. The molecule has 8 N–H and O–H groups in total. The van der Waals surface area contributed by atoms with Crippen LogP contribution in [0.1, 0.15) is 111 Å². The van der Waals surface area contributed by atoms with Gasteiger partial charge >= 0.3 is 5.97 Å². The van der Waals surface area contributed by atoms with Gasteiger partial charge in [-0.3, -0.25) is 9.59 Å². The standard InChI is InChI=1S/C37H68N4O4S/c1-24(8-11-32(42)25(2)22-46-23-31(39)35(44)45)28-9-10-29-34-30(13-15-37(28,29)4)36(3)14-12-27(20-26(36)21-33(34)43)41-19-7-18-40-17-6-5-16-38/h24-31,33-34,40-41,43H,5-23,38-39H2,1-4H3,(H,44,45)/t24?,25?,26-,27+,28-,29?,30?,31?,33-,34?,36+,37-/m1/s1. The first kappa shape index (κ1) is 38.1. The van der Waals surface area contributed by atoms with E-state index in [2.05, 4.69) is 31.4 Å². The zero-order valence-electron chi connectivity index (χ0n) is 29.5. The Labute approximate surface area is 284 Å². The molecule has 6 unspecified atom stereocenters. The van der Waals surface area contributed by atoms with Crippen molar-refractivity contribution in [3.8, 4) is 0 Å². The lowest BCUT2D eigenvalue weighted by atomic mass is 9.43. The summed E-state index contributed by atoms with van der Waals surface area (Å²) in [6.07, 6.45) is 14.4. The van der Waals surface area contributed by atoms with Gasteiger partial charge in [0.2, 0.25) is 0 Å². The summed E-state index contributed by atoms with van der Waals surface area (Å²) in [6, 6.07) is -0.294. The molecule has 4 saturated carbocycles. The maximum atomic E-state index is 13.0. The smallest absolute Gasteiger partial charge is 0.321 e. The lowest BCUT2D eigenvalue weighted by Gasteiger charge is -2.62. The third kappa shape index (κ3) is 8.90. The van der Waals surface area contributed by atoms with E-state index in [1.807, 2.05) is 6.92 Å². The van der Waals surface area contributed by atoms with Crippen molar-refractivity contribution < 1.29 is 19.8 Å².